The van der Waals surface area contributed by atoms with Crippen molar-refractivity contribution in [2.24, 2.45) is 5.92 Å². The van der Waals surface area contributed by atoms with Crippen molar-refractivity contribution < 1.29 is 16.8 Å². The van der Waals surface area contributed by atoms with E-state index in [-0.39, 0.29) is 11.5 Å². The molecule has 0 aromatic rings. The van der Waals surface area contributed by atoms with Gasteiger partial charge in [0, 0.05) is 18.6 Å². The molecule has 2 aliphatic rings. The third kappa shape index (κ3) is 4.38. The summed E-state index contributed by atoms with van der Waals surface area (Å²) in [5.41, 5.74) is -0.881. The fourth-order valence-electron chi connectivity index (χ4n) is 3.17. The van der Waals surface area contributed by atoms with Crippen LogP contribution in [0.15, 0.2) is 0 Å². The number of hydrogen-bond acceptors (Lipinski definition) is 5. The molecule has 2 saturated heterocycles. The standard InChI is InChI=1S/C12H25N3O4S2/c1-12(5-7-20(16,17)10-12)14-21(18,19)15-6-3-4-11(9-15)8-13-2/h11,13-14H,3-10H2,1-2H3. The minimum Gasteiger partial charge on any atom is -0.319 e. The SMILES string of the molecule is CNCC1CCCN(S(=O)(=O)NC2(C)CCS(=O)(=O)C2)C1. The molecule has 2 heterocycles. The molecule has 0 saturated carbocycles. The van der Waals surface area contributed by atoms with Crippen molar-refractivity contribution in [3.8, 4) is 0 Å². The van der Waals surface area contributed by atoms with Gasteiger partial charge >= 0.3 is 0 Å². The molecule has 0 radical (unpaired) electrons. The smallest absolute Gasteiger partial charge is 0.279 e. The summed E-state index contributed by atoms with van der Waals surface area (Å²) in [6.45, 7) is 3.44. The van der Waals surface area contributed by atoms with Gasteiger partial charge in [0.25, 0.3) is 10.2 Å². The second kappa shape index (κ2) is 6.11. The van der Waals surface area contributed by atoms with E-state index in [4.69, 9.17) is 0 Å². The van der Waals surface area contributed by atoms with Gasteiger partial charge in [0.1, 0.15) is 0 Å². The molecule has 0 bridgehead atoms. The van der Waals surface area contributed by atoms with Crippen LogP contribution in [0.4, 0.5) is 0 Å². The van der Waals surface area contributed by atoms with Crippen LogP contribution >= 0.6 is 0 Å². The van der Waals surface area contributed by atoms with Gasteiger partial charge in [-0.1, -0.05) is 0 Å². The third-order valence-corrected chi connectivity index (χ3v) is 7.86. The van der Waals surface area contributed by atoms with E-state index in [9.17, 15) is 16.8 Å². The molecule has 2 rings (SSSR count). The highest BCUT2D eigenvalue weighted by atomic mass is 32.2. The van der Waals surface area contributed by atoms with Crippen LogP contribution in [-0.2, 0) is 20.0 Å². The van der Waals surface area contributed by atoms with Gasteiger partial charge in [-0.3, -0.25) is 0 Å². The topological polar surface area (TPSA) is 95.6 Å². The van der Waals surface area contributed by atoms with Gasteiger partial charge < -0.3 is 5.32 Å². The summed E-state index contributed by atoms with van der Waals surface area (Å²) < 4.78 is 52.3. The fraction of sp³-hybridized carbons (Fsp3) is 1.00. The minimum atomic E-state index is -3.64. The van der Waals surface area contributed by atoms with E-state index < -0.39 is 25.6 Å². The Morgan fingerprint density at radius 3 is 2.67 bits per heavy atom. The summed E-state index contributed by atoms with van der Waals surface area (Å²) in [7, 11) is -4.91. The van der Waals surface area contributed by atoms with Crippen LogP contribution in [0.3, 0.4) is 0 Å². The summed E-state index contributed by atoms with van der Waals surface area (Å²) in [6, 6.07) is 0. The quantitative estimate of drug-likeness (QED) is 0.693. The summed E-state index contributed by atoms with van der Waals surface area (Å²) in [6.07, 6.45) is 2.18. The summed E-state index contributed by atoms with van der Waals surface area (Å²) >= 11 is 0. The first-order valence-electron chi connectivity index (χ1n) is 7.30. The molecule has 0 spiro atoms. The lowest BCUT2D eigenvalue weighted by Gasteiger charge is -2.34. The van der Waals surface area contributed by atoms with E-state index in [2.05, 4.69) is 10.0 Å². The maximum Gasteiger partial charge on any atom is 0.279 e. The Morgan fingerprint density at radius 1 is 1.38 bits per heavy atom. The van der Waals surface area contributed by atoms with E-state index in [1.165, 1.54) is 4.31 Å². The molecule has 7 nitrogen and oxygen atoms in total. The molecule has 21 heavy (non-hydrogen) atoms. The van der Waals surface area contributed by atoms with E-state index in [1.807, 2.05) is 7.05 Å². The third-order valence-electron chi connectivity index (χ3n) is 4.19. The average molecular weight is 339 g/mol. The number of nitrogens with one attached hydrogen (secondary N) is 2. The van der Waals surface area contributed by atoms with Gasteiger partial charge in [-0.05, 0) is 45.7 Å². The van der Waals surface area contributed by atoms with E-state index in [1.54, 1.807) is 6.92 Å². The highest BCUT2D eigenvalue weighted by Gasteiger charge is 2.43. The molecule has 0 aliphatic carbocycles. The molecule has 0 aromatic carbocycles. The summed E-state index contributed by atoms with van der Waals surface area (Å²) in [5.74, 6) is 0.238. The lowest BCUT2D eigenvalue weighted by molar-refractivity contribution is 0.257. The number of piperidine rings is 1. The molecular weight excluding hydrogens is 314 g/mol. The molecule has 9 heteroatoms. The van der Waals surface area contributed by atoms with Crippen LogP contribution in [0.1, 0.15) is 26.2 Å². The van der Waals surface area contributed by atoms with Crippen molar-refractivity contribution in [1.82, 2.24) is 14.3 Å². The summed E-state index contributed by atoms with van der Waals surface area (Å²) in [4.78, 5) is 0. The molecule has 0 amide bonds. The van der Waals surface area contributed by atoms with Gasteiger partial charge in [0.2, 0.25) is 0 Å². The maximum absolute atomic E-state index is 12.5. The van der Waals surface area contributed by atoms with Crippen molar-refractivity contribution in [1.29, 1.82) is 0 Å². The van der Waals surface area contributed by atoms with E-state index >= 15 is 0 Å². The molecular formula is C12H25N3O4S2. The minimum absolute atomic E-state index is 0.0500. The average Bonchev–Trinajstić information content (AvgIpc) is 2.63. The Morgan fingerprint density at radius 2 is 2.10 bits per heavy atom. The van der Waals surface area contributed by atoms with Gasteiger partial charge in [-0.15, -0.1) is 0 Å². The Balaban J connectivity index is 2.05. The van der Waals surface area contributed by atoms with Crippen LogP contribution in [0.25, 0.3) is 0 Å². The number of hydrogen-bond donors (Lipinski definition) is 2. The first kappa shape index (κ1) is 17.1. The van der Waals surface area contributed by atoms with Crippen molar-refractivity contribution in [3.05, 3.63) is 0 Å². The summed E-state index contributed by atoms with van der Waals surface area (Å²) in [5, 5.41) is 3.08. The van der Waals surface area contributed by atoms with Gasteiger partial charge in [-0.2, -0.15) is 17.4 Å². The fourth-order valence-corrected chi connectivity index (χ4v) is 7.05. The highest BCUT2D eigenvalue weighted by Crippen LogP contribution is 2.25. The predicted molar refractivity (Wildman–Crippen MR) is 82.0 cm³/mol. The number of nitrogens with zero attached hydrogens (tertiary/aromatic N) is 1. The monoisotopic (exact) mass is 339 g/mol. The molecule has 2 atom stereocenters. The molecule has 0 aromatic heterocycles. The van der Waals surface area contributed by atoms with Crippen LogP contribution < -0.4 is 10.0 Å². The lowest BCUT2D eigenvalue weighted by Crippen LogP contribution is -2.55. The molecule has 2 fully saturated rings. The number of sulfone groups is 1. The first-order valence-corrected chi connectivity index (χ1v) is 10.6. The Labute approximate surface area is 127 Å². The maximum atomic E-state index is 12.5. The van der Waals surface area contributed by atoms with Crippen LogP contribution in [-0.4, -0.2) is 64.9 Å². The predicted octanol–water partition coefficient (Wildman–Crippen LogP) is -0.671. The van der Waals surface area contributed by atoms with Gasteiger partial charge in [0.05, 0.1) is 11.5 Å². The Bertz CT molecular complexity index is 573. The zero-order chi connectivity index (χ0) is 15.7. The van der Waals surface area contributed by atoms with Crippen LogP contribution in [0.2, 0.25) is 0 Å². The van der Waals surface area contributed by atoms with Gasteiger partial charge in [0.15, 0.2) is 9.84 Å². The van der Waals surface area contributed by atoms with Crippen molar-refractivity contribution in [3.63, 3.8) is 0 Å². The normalized spacial score (nSPS) is 34.1. The second-order valence-corrected chi connectivity index (χ2v) is 10.3. The zero-order valence-corrected chi connectivity index (χ0v) is 14.3. The molecule has 2 aliphatic heterocycles. The molecule has 2 unspecified atom stereocenters. The van der Waals surface area contributed by atoms with E-state index in [0.29, 0.717) is 25.4 Å². The van der Waals surface area contributed by atoms with Crippen molar-refractivity contribution >= 4 is 20.0 Å². The zero-order valence-electron chi connectivity index (χ0n) is 12.6. The second-order valence-electron chi connectivity index (χ2n) is 6.43. The van der Waals surface area contributed by atoms with Crippen molar-refractivity contribution in [2.45, 2.75) is 31.7 Å². The van der Waals surface area contributed by atoms with E-state index in [0.717, 1.165) is 19.4 Å². The number of rotatable bonds is 5. The van der Waals surface area contributed by atoms with Gasteiger partial charge in [-0.25, -0.2) is 8.42 Å². The Hall–Kier alpha value is -0.220. The molecule has 2 N–H and O–H groups in total. The Kier molecular flexibility index (Phi) is 4.99. The van der Waals surface area contributed by atoms with Crippen LogP contribution in [0, 0.1) is 5.92 Å². The molecule has 124 valence electrons. The first-order chi connectivity index (χ1) is 9.66. The van der Waals surface area contributed by atoms with Crippen LogP contribution in [0.5, 0.6) is 0 Å². The highest BCUT2D eigenvalue weighted by molar-refractivity contribution is 7.92. The van der Waals surface area contributed by atoms with Crippen molar-refractivity contribution in [2.75, 3.05) is 38.2 Å². The lowest BCUT2D eigenvalue weighted by atomic mass is 10.00. The largest absolute Gasteiger partial charge is 0.319 e.